The van der Waals surface area contributed by atoms with Gasteiger partial charge in [0.2, 0.25) is 0 Å². The van der Waals surface area contributed by atoms with Gasteiger partial charge >= 0.3 is 0 Å². The highest BCUT2D eigenvalue weighted by molar-refractivity contribution is 5.55. The van der Waals surface area contributed by atoms with Gasteiger partial charge in [-0.25, -0.2) is 9.97 Å². The van der Waals surface area contributed by atoms with Gasteiger partial charge in [-0.2, -0.15) is 0 Å². The Balaban J connectivity index is 2.76. The third kappa shape index (κ3) is 2.58. The first-order valence-electron chi connectivity index (χ1n) is 4.88. The van der Waals surface area contributed by atoms with Crippen LogP contribution in [0.25, 0.3) is 0 Å². The van der Waals surface area contributed by atoms with E-state index in [9.17, 15) is 0 Å². The Morgan fingerprint density at radius 2 is 1.93 bits per heavy atom. The van der Waals surface area contributed by atoms with Crippen LogP contribution < -0.4 is 10.6 Å². The SMILES string of the molecule is CNc1ncnc(NCC(C)C)c1C. The van der Waals surface area contributed by atoms with Gasteiger partial charge in [0.25, 0.3) is 0 Å². The average molecular weight is 194 g/mol. The van der Waals surface area contributed by atoms with Crippen LogP contribution in [-0.2, 0) is 0 Å². The molecule has 0 spiro atoms. The van der Waals surface area contributed by atoms with E-state index in [1.54, 1.807) is 6.33 Å². The Kier molecular flexibility index (Phi) is 3.68. The van der Waals surface area contributed by atoms with E-state index in [0.29, 0.717) is 5.92 Å². The summed E-state index contributed by atoms with van der Waals surface area (Å²) >= 11 is 0. The summed E-state index contributed by atoms with van der Waals surface area (Å²) in [6, 6.07) is 0. The number of anilines is 2. The molecule has 2 N–H and O–H groups in total. The Morgan fingerprint density at radius 3 is 2.50 bits per heavy atom. The molecule has 1 heterocycles. The number of nitrogens with zero attached hydrogens (tertiary/aromatic N) is 2. The third-order valence-electron chi connectivity index (χ3n) is 2.00. The van der Waals surface area contributed by atoms with Crippen molar-refractivity contribution in [1.82, 2.24) is 9.97 Å². The van der Waals surface area contributed by atoms with E-state index in [2.05, 4.69) is 34.4 Å². The molecule has 0 atom stereocenters. The second-order valence-corrected chi connectivity index (χ2v) is 3.72. The van der Waals surface area contributed by atoms with E-state index in [4.69, 9.17) is 0 Å². The molecule has 1 aromatic rings. The summed E-state index contributed by atoms with van der Waals surface area (Å²) < 4.78 is 0. The molecule has 0 fully saturated rings. The van der Waals surface area contributed by atoms with Crippen LogP contribution in [0.3, 0.4) is 0 Å². The van der Waals surface area contributed by atoms with Gasteiger partial charge in [0.05, 0.1) is 0 Å². The van der Waals surface area contributed by atoms with Crippen LogP contribution in [0.5, 0.6) is 0 Å². The summed E-state index contributed by atoms with van der Waals surface area (Å²) in [5.74, 6) is 2.41. The lowest BCUT2D eigenvalue weighted by atomic mass is 10.2. The molecule has 0 saturated carbocycles. The highest BCUT2D eigenvalue weighted by Gasteiger charge is 2.04. The second-order valence-electron chi connectivity index (χ2n) is 3.72. The number of aromatic nitrogens is 2. The quantitative estimate of drug-likeness (QED) is 0.768. The summed E-state index contributed by atoms with van der Waals surface area (Å²) in [6.45, 7) is 7.28. The summed E-state index contributed by atoms with van der Waals surface area (Å²) in [4.78, 5) is 8.32. The van der Waals surface area contributed by atoms with E-state index in [-0.39, 0.29) is 0 Å². The Bertz CT molecular complexity index is 296. The molecular weight excluding hydrogens is 176 g/mol. The van der Waals surface area contributed by atoms with Crippen molar-refractivity contribution >= 4 is 11.6 Å². The molecule has 1 rings (SSSR count). The number of hydrogen-bond acceptors (Lipinski definition) is 4. The molecule has 0 saturated heterocycles. The van der Waals surface area contributed by atoms with Crippen molar-refractivity contribution in [1.29, 1.82) is 0 Å². The largest absolute Gasteiger partial charge is 0.373 e. The molecular formula is C10H18N4. The maximum absolute atomic E-state index is 4.20. The van der Waals surface area contributed by atoms with E-state index in [1.165, 1.54) is 0 Å². The van der Waals surface area contributed by atoms with Crippen LogP contribution in [0.2, 0.25) is 0 Å². The normalized spacial score (nSPS) is 10.4. The van der Waals surface area contributed by atoms with Crippen LogP contribution in [0, 0.1) is 12.8 Å². The standard InChI is InChI=1S/C10H18N4/c1-7(2)5-12-10-8(3)9(11-4)13-6-14-10/h6-7H,5H2,1-4H3,(H2,11,12,13,14). The fourth-order valence-corrected chi connectivity index (χ4v) is 1.18. The van der Waals surface area contributed by atoms with Crippen molar-refractivity contribution in [3.63, 3.8) is 0 Å². The maximum atomic E-state index is 4.20. The van der Waals surface area contributed by atoms with Gasteiger partial charge in [-0.3, -0.25) is 0 Å². The summed E-state index contributed by atoms with van der Waals surface area (Å²) in [5, 5.41) is 6.33. The first-order chi connectivity index (χ1) is 6.65. The minimum atomic E-state index is 0.613. The first kappa shape index (κ1) is 10.8. The van der Waals surface area contributed by atoms with Crippen molar-refractivity contribution < 1.29 is 0 Å². The molecule has 0 aliphatic heterocycles. The monoisotopic (exact) mass is 194 g/mol. The van der Waals surface area contributed by atoms with Crippen molar-refractivity contribution in [3.05, 3.63) is 11.9 Å². The lowest BCUT2D eigenvalue weighted by Gasteiger charge is -2.12. The molecule has 0 aromatic carbocycles. The van der Waals surface area contributed by atoms with Crippen molar-refractivity contribution in [2.45, 2.75) is 20.8 Å². The van der Waals surface area contributed by atoms with E-state index >= 15 is 0 Å². The number of rotatable bonds is 4. The molecule has 0 bridgehead atoms. The average Bonchev–Trinajstić information content (AvgIpc) is 2.16. The predicted molar refractivity (Wildman–Crippen MR) is 59.6 cm³/mol. The Morgan fingerprint density at radius 1 is 1.29 bits per heavy atom. The topological polar surface area (TPSA) is 49.8 Å². The third-order valence-corrected chi connectivity index (χ3v) is 2.00. The van der Waals surface area contributed by atoms with Gasteiger partial charge in [-0.15, -0.1) is 0 Å². The predicted octanol–water partition coefficient (Wildman–Crippen LogP) is 1.89. The molecule has 0 unspecified atom stereocenters. The van der Waals surface area contributed by atoms with Crippen molar-refractivity contribution in [3.8, 4) is 0 Å². The van der Waals surface area contributed by atoms with Crippen molar-refractivity contribution in [2.24, 2.45) is 5.92 Å². The molecule has 0 aliphatic carbocycles. The van der Waals surface area contributed by atoms with Gasteiger partial charge < -0.3 is 10.6 Å². The molecule has 4 nitrogen and oxygen atoms in total. The van der Waals surface area contributed by atoms with Crippen LogP contribution in [0.4, 0.5) is 11.6 Å². The zero-order valence-corrected chi connectivity index (χ0v) is 9.26. The van der Waals surface area contributed by atoms with E-state index in [1.807, 2.05) is 14.0 Å². The molecule has 1 aromatic heterocycles. The Labute approximate surface area is 85.2 Å². The smallest absolute Gasteiger partial charge is 0.134 e. The zero-order chi connectivity index (χ0) is 10.6. The Hall–Kier alpha value is -1.32. The van der Waals surface area contributed by atoms with Crippen LogP contribution >= 0.6 is 0 Å². The van der Waals surface area contributed by atoms with Crippen LogP contribution in [0.1, 0.15) is 19.4 Å². The van der Waals surface area contributed by atoms with Gasteiger partial charge in [-0.05, 0) is 12.8 Å². The van der Waals surface area contributed by atoms with Crippen molar-refractivity contribution in [2.75, 3.05) is 24.2 Å². The number of hydrogen-bond donors (Lipinski definition) is 2. The summed E-state index contributed by atoms with van der Waals surface area (Å²) in [5.41, 5.74) is 1.07. The lowest BCUT2D eigenvalue weighted by molar-refractivity contribution is 0.686. The van der Waals surface area contributed by atoms with E-state index in [0.717, 1.165) is 23.7 Å². The lowest BCUT2D eigenvalue weighted by Crippen LogP contribution is -2.11. The second kappa shape index (κ2) is 4.79. The molecule has 0 amide bonds. The molecule has 78 valence electrons. The minimum Gasteiger partial charge on any atom is -0.373 e. The van der Waals surface area contributed by atoms with Gasteiger partial charge in [0.15, 0.2) is 0 Å². The number of nitrogens with one attached hydrogen (secondary N) is 2. The summed E-state index contributed by atoms with van der Waals surface area (Å²) in [6.07, 6.45) is 1.57. The molecule has 14 heavy (non-hydrogen) atoms. The van der Waals surface area contributed by atoms with E-state index < -0.39 is 0 Å². The van der Waals surface area contributed by atoms with Crippen LogP contribution in [-0.4, -0.2) is 23.6 Å². The molecule has 0 aliphatic rings. The zero-order valence-electron chi connectivity index (χ0n) is 9.26. The van der Waals surface area contributed by atoms with Gasteiger partial charge in [0.1, 0.15) is 18.0 Å². The summed E-state index contributed by atoms with van der Waals surface area (Å²) in [7, 11) is 1.86. The molecule has 0 radical (unpaired) electrons. The maximum Gasteiger partial charge on any atom is 0.134 e. The highest BCUT2D eigenvalue weighted by Crippen LogP contribution is 2.17. The minimum absolute atomic E-state index is 0.613. The van der Waals surface area contributed by atoms with Gasteiger partial charge in [0, 0.05) is 19.2 Å². The van der Waals surface area contributed by atoms with Gasteiger partial charge in [-0.1, -0.05) is 13.8 Å². The van der Waals surface area contributed by atoms with Crippen LogP contribution in [0.15, 0.2) is 6.33 Å². The first-order valence-corrected chi connectivity index (χ1v) is 4.88. The molecule has 4 heteroatoms. The fourth-order valence-electron chi connectivity index (χ4n) is 1.18. The fraction of sp³-hybridized carbons (Fsp3) is 0.600. The highest BCUT2D eigenvalue weighted by atomic mass is 15.1.